The Morgan fingerprint density at radius 2 is 1.50 bits per heavy atom. The molecular weight excluding hydrogens is 199 g/mol. The van der Waals surface area contributed by atoms with Gasteiger partial charge in [0.1, 0.15) is 11.5 Å². The number of benzene rings is 2. The Hall–Kier alpha value is -1.90. The van der Waals surface area contributed by atoms with Gasteiger partial charge >= 0.3 is 7.69 Å². The van der Waals surface area contributed by atoms with E-state index in [0.717, 1.165) is 17.1 Å². The third-order valence-electron chi connectivity index (χ3n) is 2.20. The van der Waals surface area contributed by atoms with Crippen molar-refractivity contribution in [1.82, 2.24) is 0 Å². The summed E-state index contributed by atoms with van der Waals surface area (Å²) in [4.78, 5) is 0. The number of aryl methyl sites for hydroxylation is 1. The first kappa shape index (κ1) is 10.6. The van der Waals surface area contributed by atoms with Gasteiger partial charge in [0.2, 0.25) is 0 Å². The molecule has 0 aromatic heterocycles. The van der Waals surface area contributed by atoms with Gasteiger partial charge in [-0.15, -0.1) is 0 Å². The summed E-state index contributed by atoms with van der Waals surface area (Å²) in [7, 11) is 1.34. The Bertz CT molecular complexity index is 443. The topological polar surface area (TPSA) is 18.5 Å². The summed E-state index contributed by atoms with van der Waals surface area (Å²) in [5.74, 6) is 1.56. The second-order valence-electron chi connectivity index (χ2n) is 3.41. The summed E-state index contributed by atoms with van der Waals surface area (Å²) < 4.78 is 10.7. The van der Waals surface area contributed by atoms with Gasteiger partial charge in [0.05, 0.1) is 0 Å². The monoisotopic (exact) mass is 211 g/mol. The van der Waals surface area contributed by atoms with Crippen LogP contribution in [0.1, 0.15) is 5.56 Å². The summed E-state index contributed by atoms with van der Waals surface area (Å²) in [6, 6.07) is 17.3. The van der Waals surface area contributed by atoms with Crippen LogP contribution in [-0.2, 0) is 0 Å². The normalized spacial score (nSPS) is 9.56. The molecular formula is C13H12BO2. The molecule has 1 radical (unpaired) electrons. The maximum Gasteiger partial charge on any atom is 0.658 e. The Morgan fingerprint density at radius 3 is 2.25 bits per heavy atom. The minimum Gasteiger partial charge on any atom is -0.526 e. The van der Waals surface area contributed by atoms with E-state index in [1.807, 2.05) is 61.5 Å². The van der Waals surface area contributed by atoms with E-state index in [0.29, 0.717) is 0 Å². The van der Waals surface area contributed by atoms with Crippen LogP contribution in [-0.4, -0.2) is 7.69 Å². The standard InChI is InChI=1S/C13H12BO2/c1-11-7-5-6-10-13(11)16-14-15-12-8-3-2-4-9-12/h2-10H,1H3. The minimum atomic E-state index is 0.760. The molecule has 0 heterocycles. The second kappa shape index (κ2) is 5.26. The zero-order chi connectivity index (χ0) is 11.2. The van der Waals surface area contributed by atoms with Gasteiger partial charge in [0, 0.05) is 0 Å². The average Bonchev–Trinajstić information content (AvgIpc) is 2.33. The highest BCUT2D eigenvalue weighted by Gasteiger charge is 2.02. The molecule has 0 atom stereocenters. The lowest BCUT2D eigenvalue weighted by atomic mass is 10.2. The molecule has 0 aliphatic heterocycles. The van der Waals surface area contributed by atoms with E-state index in [2.05, 4.69) is 0 Å². The van der Waals surface area contributed by atoms with Crippen molar-refractivity contribution in [2.75, 3.05) is 0 Å². The SMILES string of the molecule is Cc1ccccc1O[B]Oc1ccccc1. The van der Waals surface area contributed by atoms with Crippen molar-refractivity contribution in [2.24, 2.45) is 0 Å². The fourth-order valence-corrected chi connectivity index (χ4v) is 1.32. The molecule has 3 heteroatoms. The fraction of sp³-hybridized carbons (Fsp3) is 0.0769. The number of hydrogen-bond donors (Lipinski definition) is 0. The van der Waals surface area contributed by atoms with Crippen LogP contribution in [0.2, 0.25) is 0 Å². The lowest BCUT2D eigenvalue weighted by Crippen LogP contribution is -2.11. The molecule has 0 unspecified atom stereocenters. The van der Waals surface area contributed by atoms with Gasteiger partial charge in [0.15, 0.2) is 0 Å². The van der Waals surface area contributed by atoms with E-state index in [1.165, 1.54) is 7.69 Å². The van der Waals surface area contributed by atoms with Crippen molar-refractivity contribution in [3.63, 3.8) is 0 Å². The van der Waals surface area contributed by atoms with Gasteiger partial charge in [-0.05, 0) is 30.7 Å². The van der Waals surface area contributed by atoms with E-state index in [-0.39, 0.29) is 0 Å². The Morgan fingerprint density at radius 1 is 0.812 bits per heavy atom. The Kier molecular flexibility index (Phi) is 3.49. The molecule has 2 aromatic carbocycles. The molecule has 0 amide bonds. The van der Waals surface area contributed by atoms with E-state index in [4.69, 9.17) is 9.31 Å². The van der Waals surface area contributed by atoms with Gasteiger partial charge in [0.25, 0.3) is 0 Å². The first-order valence-corrected chi connectivity index (χ1v) is 5.12. The van der Waals surface area contributed by atoms with Crippen LogP contribution in [0.25, 0.3) is 0 Å². The quantitative estimate of drug-likeness (QED) is 0.723. The van der Waals surface area contributed by atoms with Gasteiger partial charge in [-0.1, -0.05) is 36.4 Å². The Labute approximate surface area is 96.1 Å². The van der Waals surface area contributed by atoms with Gasteiger partial charge in [-0.25, -0.2) is 0 Å². The third-order valence-corrected chi connectivity index (χ3v) is 2.20. The average molecular weight is 211 g/mol. The molecule has 0 saturated heterocycles. The van der Waals surface area contributed by atoms with Crippen LogP contribution in [0.4, 0.5) is 0 Å². The predicted molar refractivity (Wildman–Crippen MR) is 64.6 cm³/mol. The van der Waals surface area contributed by atoms with Crippen molar-refractivity contribution in [3.8, 4) is 11.5 Å². The fourth-order valence-electron chi connectivity index (χ4n) is 1.32. The maximum absolute atomic E-state index is 5.39. The highest BCUT2D eigenvalue weighted by Crippen LogP contribution is 2.16. The van der Waals surface area contributed by atoms with E-state index < -0.39 is 0 Å². The number of rotatable bonds is 4. The van der Waals surface area contributed by atoms with Crippen LogP contribution >= 0.6 is 0 Å². The molecule has 0 spiro atoms. The highest BCUT2D eigenvalue weighted by molar-refractivity contribution is 6.20. The van der Waals surface area contributed by atoms with Crippen molar-refractivity contribution in [1.29, 1.82) is 0 Å². The molecule has 0 saturated carbocycles. The molecule has 79 valence electrons. The van der Waals surface area contributed by atoms with Crippen LogP contribution < -0.4 is 9.31 Å². The van der Waals surface area contributed by atoms with E-state index in [9.17, 15) is 0 Å². The van der Waals surface area contributed by atoms with E-state index >= 15 is 0 Å². The largest absolute Gasteiger partial charge is 0.658 e. The molecule has 16 heavy (non-hydrogen) atoms. The van der Waals surface area contributed by atoms with Crippen LogP contribution in [0, 0.1) is 6.92 Å². The zero-order valence-electron chi connectivity index (χ0n) is 9.09. The third kappa shape index (κ3) is 2.80. The summed E-state index contributed by atoms with van der Waals surface area (Å²) >= 11 is 0. The molecule has 2 aromatic rings. The van der Waals surface area contributed by atoms with Gasteiger partial charge < -0.3 is 9.31 Å². The number of hydrogen-bond acceptors (Lipinski definition) is 2. The molecule has 2 rings (SSSR count). The molecule has 0 fully saturated rings. The van der Waals surface area contributed by atoms with Crippen LogP contribution in [0.3, 0.4) is 0 Å². The molecule has 2 nitrogen and oxygen atoms in total. The summed E-state index contributed by atoms with van der Waals surface area (Å²) in [6.07, 6.45) is 0. The summed E-state index contributed by atoms with van der Waals surface area (Å²) in [6.45, 7) is 1.99. The van der Waals surface area contributed by atoms with Crippen LogP contribution in [0.5, 0.6) is 11.5 Å². The molecule has 0 aliphatic carbocycles. The van der Waals surface area contributed by atoms with Crippen molar-refractivity contribution in [3.05, 3.63) is 60.2 Å². The van der Waals surface area contributed by atoms with Crippen molar-refractivity contribution >= 4 is 7.69 Å². The predicted octanol–water partition coefficient (Wildman–Crippen LogP) is 2.99. The first-order chi connectivity index (χ1) is 7.86. The lowest BCUT2D eigenvalue weighted by Gasteiger charge is -2.08. The molecule has 0 N–H and O–H groups in total. The Balaban J connectivity index is 1.87. The summed E-state index contributed by atoms with van der Waals surface area (Å²) in [5, 5.41) is 0. The first-order valence-electron chi connectivity index (χ1n) is 5.12. The lowest BCUT2D eigenvalue weighted by molar-refractivity contribution is 0.457. The molecule has 0 bridgehead atoms. The van der Waals surface area contributed by atoms with Crippen LogP contribution in [0.15, 0.2) is 54.6 Å². The maximum atomic E-state index is 5.39. The smallest absolute Gasteiger partial charge is 0.526 e. The van der Waals surface area contributed by atoms with Crippen molar-refractivity contribution < 1.29 is 9.31 Å². The van der Waals surface area contributed by atoms with E-state index in [1.54, 1.807) is 0 Å². The zero-order valence-corrected chi connectivity index (χ0v) is 9.09. The minimum absolute atomic E-state index is 0.760. The highest BCUT2D eigenvalue weighted by atomic mass is 16.6. The van der Waals surface area contributed by atoms with Gasteiger partial charge in [-0.2, -0.15) is 0 Å². The summed E-state index contributed by atoms with van der Waals surface area (Å²) in [5.41, 5.74) is 1.08. The van der Waals surface area contributed by atoms with Crippen molar-refractivity contribution in [2.45, 2.75) is 6.92 Å². The number of para-hydroxylation sites is 2. The van der Waals surface area contributed by atoms with Gasteiger partial charge in [-0.3, -0.25) is 0 Å². The molecule has 0 aliphatic rings. The second-order valence-corrected chi connectivity index (χ2v) is 3.41.